The fourth-order valence-electron chi connectivity index (χ4n) is 3.15. The van der Waals surface area contributed by atoms with Crippen molar-refractivity contribution >= 4 is 29.1 Å². The zero-order valence-electron chi connectivity index (χ0n) is 16.2. The van der Waals surface area contributed by atoms with E-state index < -0.39 is 0 Å². The zero-order chi connectivity index (χ0) is 20.1. The smallest absolute Gasteiger partial charge is 0.246 e. The van der Waals surface area contributed by atoms with Crippen molar-refractivity contribution < 1.29 is 9.53 Å². The second kappa shape index (κ2) is 8.87. The number of anilines is 1. The Kier molecular flexibility index (Phi) is 5.86. The molecule has 0 atom stereocenters. The van der Waals surface area contributed by atoms with Crippen LogP contribution in [0.2, 0.25) is 0 Å². The molecule has 148 valence electrons. The van der Waals surface area contributed by atoms with Crippen molar-refractivity contribution in [3.05, 3.63) is 70.7 Å². The number of nitrogens with zero attached hydrogens (tertiary/aromatic N) is 4. The summed E-state index contributed by atoms with van der Waals surface area (Å²) in [5.41, 5.74) is 0. The minimum Gasteiger partial charge on any atom is -0.439 e. The summed E-state index contributed by atoms with van der Waals surface area (Å²) in [6.45, 7) is 4.62. The van der Waals surface area contributed by atoms with E-state index >= 15 is 0 Å². The first-order chi connectivity index (χ1) is 14.2. The Morgan fingerprint density at radius 1 is 1.07 bits per heavy atom. The highest BCUT2D eigenvalue weighted by Gasteiger charge is 2.21. The van der Waals surface area contributed by atoms with Crippen LogP contribution >= 0.6 is 11.3 Å². The number of carbonyl (C=O) groups excluding carboxylic acids is 1. The molecule has 0 aliphatic carbocycles. The van der Waals surface area contributed by atoms with Crippen molar-refractivity contribution in [3.8, 4) is 11.6 Å². The highest BCUT2D eigenvalue weighted by atomic mass is 32.1. The molecular weight excluding hydrogens is 384 g/mol. The first-order valence-corrected chi connectivity index (χ1v) is 10.4. The predicted molar refractivity (Wildman–Crippen MR) is 115 cm³/mol. The molecular formula is C22H22N4O2S. The predicted octanol–water partition coefficient (Wildman–Crippen LogP) is 4.00. The van der Waals surface area contributed by atoms with Crippen LogP contribution in [0.1, 0.15) is 10.7 Å². The number of hydrogen-bond donors (Lipinski definition) is 0. The summed E-state index contributed by atoms with van der Waals surface area (Å²) in [5, 5.41) is 2.00. The molecule has 1 aliphatic heterocycles. The SMILES string of the molecule is Cc1nc(Oc2ccccc2)cc(N2CCN(C(=O)/C=C/c3cccs3)CC2)n1. The van der Waals surface area contributed by atoms with Gasteiger partial charge in [0.25, 0.3) is 0 Å². The molecule has 1 aromatic carbocycles. The maximum atomic E-state index is 12.4. The van der Waals surface area contributed by atoms with Crippen LogP contribution in [0, 0.1) is 6.92 Å². The number of para-hydroxylation sites is 1. The average Bonchev–Trinajstić information content (AvgIpc) is 3.26. The minimum atomic E-state index is 0.0463. The normalized spacial score (nSPS) is 14.4. The Hall–Kier alpha value is -3.19. The Morgan fingerprint density at radius 2 is 1.86 bits per heavy atom. The molecule has 2 aromatic heterocycles. The van der Waals surface area contributed by atoms with E-state index in [1.165, 1.54) is 0 Å². The molecule has 3 heterocycles. The highest BCUT2D eigenvalue weighted by molar-refractivity contribution is 7.10. The van der Waals surface area contributed by atoms with E-state index in [1.54, 1.807) is 17.4 Å². The number of aromatic nitrogens is 2. The molecule has 0 unspecified atom stereocenters. The molecule has 1 fully saturated rings. The Bertz CT molecular complexity index is 981. The zero-order valence-corrected chi connectivity index (χ0v) is 17.0. The van der Waals surface area contributed by atoms with Crippen molar-refractivity contribution in [2.45, 2.75) is 6.92 Å². The van der Waals surface area contributed by atoms with Gasteiger partial charge in [-0.3, -0.25) is 4.79 Å². The lowest BCUT2D eigenvalue weighted by molar-refractivity contribution is -0.126. The molecule has 1 amide bonds. The summed E-state index contributed by atoms with van der Waals surface area (Å²) >= 11 is 1.62. The van der Waals surface area contributed by atoms with E-state index in [2.05, 4.69) is 14.9 Å². The first kappa shape index (κ1) is 19.1. The number of aryl methyl sites for hydroxylation is 1. The number of rotatable bonds is 5. The van der Waals surface area contributed by atoms with Gasteiger partial charge in [-0.15, -0.1) is 11.3 Å². The molecule has 0 radical (unpaired) electrons. The highest BCUT2D eigenvalue weighted by Crippen LogP contribution is 2.24. The monoisotopic (exact) mass is 406 g/mol. The van der Waals surface area contributed by atoms with Crippen LogP contribution in [0.25, 0.3) is 6.08 Å². The van der Waals surface area contributed by atoms with Gasteiger partial charge in [0.05, 0.1) is 0 Å². The van der Waals surface area contributed by atoms with Gasteiger partial charge >= 0.3 is 0 Å². The van der Waals surface area contributed by atoms with Crippen molar-refractivity contribution in [3.63, 3.8) is 0 Å². The second-order valence-corrected chi connectivity index (χ2v) is 7.67. The van der Waals surface area contributed by atoms with E-state index in [9.17, 15) is 4.79 Å². The van der Waals surface area contributed by atoms with Crippen LogP contribution in [0.3, 0.4) is 0 Å². The number of benzene rings is 1. The lowest BCUT2D eigenvalue weighted by atomic mass is 10.3. The van der Waals surface area contributed by atoms with Gasteiger partial charge in [-0.2, -0.15) is 4.98 Å². The molecule has 4 rings (SSSR count). The van der Waals surface area contributed by atoms with Crippen molar-refractivity contribution in [2.24, 2.45) is 0 Å². The number of carbonyl (C=O) groups is 1. The van der Waals surface area contributed by atoms with E-state index in [1.807, 2.05) is 71.8 Å². The van der Waals surface area contributed by atoms with E-state index in [4.69, 9.17) is 4.74 Å². The third kappa shape index (κ3) is 5.00. The number of ether oxygens (including phenoxy) is 1. The third-order valence-corrected chi connectivity index (χ3v) is 5.45. The molecule has 6 nitrogen and oxygen atoms in total. The van der Waals surface area contributed by atoms with Crippen LogP contribution in [0.15, 0.2) is 60.0 Å². The number of piperazine rings is 1. The Balaban J connectivity index is 1.38. The van der Waals surface area contributed by atoms with Gasteiger partial charge in [-0.25, -0.2) is 4.98 Å². The van der Waals surface area contributed by atoms with Gasteiger partial charge in [0.1, 0.15) is 17.4 Å². The molecule has 0 spiro atoms. The molecule has 0 bridgehead atoms. The molecule has 7 heteroatoms. The van der Waals surface area contributed by atoms with Crippen LogP contribution in [0.5, 0.6) is 11.6 Å². The Labute approximate surface area is 174 Å². The maximum absolute atomic E-state index is 12.4. The molecule has 0 N–H and O–H groups in total. The van der Waals surface area contributed by atoms with Crippen molar-refractivity contribution in [2.75, 3.05) is 31.1 Å². The quantitative estimate of drug-likeness (QED) is 0.600. The summed E-state index contributed by atoms with van der Waals surface area (Å²) in [6, 6.07) is 15.4. The van der Waals surface area contributed by atoms with E-state index in [0.717, 1.165) is 29.5 Å². The van der Waals surface area contributed by atoms with Gasteiger partial charge in [0, 0.05) is 43.2 Å². The summed E-state index contributed by atoms with van der Waals surface area (Å²) in [7, 11) is 0. The van der Waals surface area contributed by atoms with Crippen LogP contribution < -0.4 is 9.64 Å². The van der Waals surface area contributed by atoms with Crippen molar-refractivity contribution in [1.82, 2.24) is 14.9 Å². The van der Waals surface area contributed by atoms with Gasteiger partial charge in [0.2, 0.25) is 11.8 Å². The van der Waals surface area contributed by atoms with Crippen LogP contribution in [-0.2, 0) is 4.79 Å². The fourth-order valence-corrected chi connectivity index (χ4v) is 3.77. The number of hydrogen-bond acceptors (Lipinski definition) is 6. The summed E-state index contributed by atoms with van der Waals surface area (Å²) in [5.74, 6) is 2.79. The Morgan fingerprint density at radius 3 is 2.59 bits per heavy atom. The van der Waals surface area contributed by atoms with Gasteiger partial charge < -0.3 is 14.5 Å². The number of thiophene rings is 1. The standard InChI is InChI=1S/C22H22N4O2S/c1-17-23-20(16-21(24-17)28-18-6-3-2-4-7-18)25-11-13-26(14-12-25)22(27)10-9-19-8-5-15-29-19/h2-10,15-16H,11-14H2,1H3/b10-9+. The van der Waals surface area contributed by atoms with Crippen molar-refractivity contribution in [1.29, 1.82) is 0 Å². The van der Waals surface area contributed by atoms with E-state index in [0.29, 0.717) is 24.8 Å². The molecule has 29 heavy (non-hydrogen) atoms. The van der Waals surface area contributed by atoms with E-state index in [-0.39, 0.29) is 5.91 Å². The molecule has 0 saturated carbocycles. The van der Waals surface area contributed by atoms with Gasteiger partial charge in [-0.05, 0) is 36.6 Å². The lowest BCUT2D eigenvalue weighted by Gasteiger charge is -2.35. The molecule has 1 saturated heterocycles. The average molecular weight is 407 g/mol. The largest absolute Gasteiger partial charge is 0.439 e. The topological polar surface area (TPSA) is 58.6 Å². The third-order valence-electron chi connectivity index (χ3n) is 4.62. The second-order valence-electron chi connectivity index (χ2n) is 6.69. The molecule has 1 aliphatic rings. The number of amides is 1. The summed E-state index contributed by atoms with van der Waals surface area (Å²) < 4.78 is 5.87. The first-order valence-electron chi connectivity index (χ1n) is 9.51. The lowest BCUT2D eigenvalue weighted by Crippen LogP contribution is -2.48. The summed E-state index contributed by atoms with van der Waals surface area (Å²) in [6.07, 6.45) is 3.53. The van der Waals surface area contributed by atoms with Gasteiger partial charge in [-0.1, -0.05) is 24.3 Å². The van der Waals surface area contributed by atoms with Gasteiger partial charge in [0.15, 0.2) is 0 Å². The maximum Gasteiger partial charge on any atom is 0.246 e. The minimum absolute atomic E-state index is 0.0463. The van der Waals surface area contributed by atoms with Crippen LogP contribution in [-0.4, -0.2) is 47.0 Å². The van der Waals surface area contributed by atoms with Crippen LogP contribution in [0.4, 0.5) is 5.82 Å². The summed E-state index contributed by atoms with van der Waals surface area (Å²) in [4.78, 5) is 26.5. The molecule has 3 aromatic rings. The fraction of sp³-hybridized carbons (Fsp3) is 0.227.